The maximum absolute atomic E-state index is 10.7. The quantitative estimate of drug-likeness (QED) is 0.552. The van der Waals surface area contributed by atoms with Crippen molar-refractivity contribution in [3.05, 3.63) is 10.1 Å². The van der Waals surface area contributed by atoms with Gasteiger partial charge in [0.25, 0.3) is 0 Å². The highest BCUT2D eigenvalue weighted by Gasteiger charge is 2.43. The Balaban J connectivity index is 2.59. The molecule has 0 aromatic heterocycles. The van der Waals surface area contributed by atoms with Crippen LogP contribution in [0.2, 0.25) is 0 Å². The molecular weight excluding hydrogens is 188 g/mol. The predicted molar refractivity (Wildman–Crippen MR) is 54.5 cm³/mol. The largest absolute Gasteiger partial charge is 0.321 e. The third kappa shape index (κ3) is 2.57. The van der Waals surface area contributed by atoms with E-state index in [1.807, 2.05) is 0 Å². The second-order valence-corrected chi connectivity index (χ2v) is 5.21. The van der Waals surface area contributed by atoms with Crippen molar-refractivity contribution in [3.63, 3.8) is 0 Å². The van der Waals surface area contributed by atoms with Crippen molar-refractivity contribution < 1.29 is 4.92 Å². The van der Waals surface area contributed by atoms with Gasteiger partial charge in [-0.2, -0.15) is 0 Å². The van der Waals surface area contributed by atoms with Gasteiger partial charge in [-0.1, -0.05) is 13.8 Å². The van der Waals surface area contributed by atoms with E-state index >= 15 is 0 Å². The van der Waals surface area contributed by atoms with Crippen LogP contribution in [0, 0.1) is 16.0 Å². The summed E-state index contributed by atoms with van der Waals surface area (Å²) in [7, 11) is 0. The van der Waals surface area contributed by atoms with Gasteiger partial charge in [-0.3, -0.25) is 10.1 Å². The molecule has 0 aromatic carbocycles. The summed E-state index contributed by atoms with van der Waals surface area (Å²) >= 11 is 1.65. The molecule has 1 rings (SSSR count). The highest BCUT2D eigenvalue weighted by atomic mass is 32.2. The Hall–Kier alpha value is -0.290. The van der Waals surface area contributed by atoms with Gasteiger partial charge in [0.1, 0.15) is 0 Å². The topological polar surface area (TPSA) is 69.2 Å². The van der Waals surface area contributed by atoms with E-state index in [0.29, 0.717) is 5.92 Å². The van der Waals surface area contributed by atoms with Crippen LogP contribution in [0.5, 0.6) is 0 Å². The van der Waals surface area contributed by atoms with Crippen LogP contribution in [-0.4, -0.2) is 28.0 Å². The first kappa shape index (κ1) is 10.8. The minimum Gasteiger partial charge on any atom is -0.321 e. The number of nitrogens with zero attached hydrogens (tertiary/aromatic N) is 1. The standard InChI is InChI=1S/C8H16N2O2S/c1-5(2)3-7-8(10(11)12)6(9)4-13-7/h5-8H,3-4,9H2,1-2H3/t6-,7+,8+/m1/s1. The van der Waals surface area contributed by atoms with Gasteiger partial charge in [-0.25, -0.2) is 0 Å². The molecule has 76 valence electrons. The summed E-state index contributed by atoms with van der Waals surface area (Å²) in [6.45, 7) is 4.17. The van der Waals surface area contributed by atoms with Gasteiger partial charge in [0.2, 0.25) is 6.04 Å². The SMILES string of the molecule is CC(C)C[C@@H]1SC[C@@H](N)[C@@H]1[N+](=O)[O-]. The Labute approximate surface area is 82.4 Å². The van der Waals surface area contributed by atoms with Gasteiger partial charge in [0.15, 0.2) is 0 Å². The molecule has 0 spiro atoms. The number of nitro groups is 1. The van der Waals surface area contributed by atoms with Crippen molar-refractivity contribution in [1.29, 1.82) is 0 Å². The van der Waals surface area contributed by atoms with Gasteiger partial charge < -0.3 is 5.73 Å². The van der Waals surface area contributed by atoms with Gasteiger partial charge in [0.05, 0.1) is 11.3 Å². The Morgan fingerprint density at radius 1 is 1.69 bits per heavy atom. The summed E-state index contributed by atoms with van der Waals surface area (Å²) in [5.74, 6) is 1.23. The zero-order valence-electron chi connectivity index (χ0n) is 7.97. The lowest BCUT2D eigenvalue weighted by atomic mass is 10.00. The molecule has 5 heteroatoms. The van der Waals surface area contributed by atoms with Crippen molar-refractivity contribution in [3.8, 4) is 0 Å². The van der Waals surface area contributed by atoms with E-state index in [2.05, 4.69) is 13.8 Å². The fourth-order valence-electron chi connectivity index (χ4n) is 1.67. The van der Waals surface area contributed by atoms with Crippen LogP contribution in [0.25, 0.3) is 0 Å². The lowest BCUT2D eigenvalue weighted by Crippen LogP contribution is -2.42. The maximum atomic E-state index is 10.7. The first-order chi connectivity index (χ1) is 6.02. The van der Waals surface area contributed by atoms with Gasteiger partial charge in [-0.05, 0) is 12.3 Å². The molecular formula is C8H16N2O2S. The number of nitrogens with two attached hydrogens (primary N) is 1. The minimum atomic E-state index is -0.535. The molecule has 0 bridgehead atoms. The molecule has 1 heterocycles. The van der Waals surface area contributed by atoms with Crippen LogP contribution in [0.1, 0.15) is 20.3 Å². The zero-order valence-corrected chi connectivity index (χ0v) is 8.79. The summed E-state index contributed by atoms with van der Waals surface area (Å²) in [4.78, 5) is 10.5. The van der Waals surface area contributed by atoms with Crippen LogP contribution in [0.3, 0.4) is 0 Å². The zero-order chi connectivity index (χ0) is 10.0. The van der Waals surface area contributed by atoms with E-state index in [1.165, 1.54) is 0 Å². The Morgan fingerprint density at radius 3 is 2.77 bits per heavy atom. The Bertz CT molecular complexity index is 199. The molecule has 3 atom stereocenters. The molecule has 0 radical (unpaired) electrons. The molecule has 0 unspecified atom stereocenters. The molecule has 0 saturated carbocycles. The molecule has 1 fully saturated rings. The van der Waals surface area contributed by atoms with Gasteiger partial charge in [-0.15, -0.1) is 11.8 Å². The molecule has 2 N–H and O–H groups in total. The lowest BCUT2D eigenvalue weighted by Gasteiger charge is -2.15. The second kappa shape index (κ2) is 4.28. The number of thioether (sulfide) groups is 1. The summed E-state index contributed by atoms with van der Waals surface area (Å²) in [5, 5.41) is 10.8. The van der Waals surface area contributed by atoms with E-state index in [0.717, 1.165) is 12.2 Å². The van der Waals surface area contributed by atoms with E-state index in [4.69, 9.17) is 5.73 Å². The Morgan fingerprint density at radius 2 is 2.31 bits per heavy atom. The third-order valence-electron chi connectivity index (χ3n) is 2.27. The fourth-order valence-corrected chi connectivity index (χ4v) is 3.36. The molecule has 0 aliphatic carbocycles. The molecule has 0 amide bonds. The van der Waals surface area contributed by atoms with Crippen LogP contribution in [-0.2, 0) is 0 Å². The highest BCUT2D eigenvalue weighted by molar-refractivity contribution is 8.00. The number of hydrogen-bond acceptors (Lipinski definition) is 4. The van der Waals surface area contributed by atoms with Crippen molar-refractivity contribution in [2.24, 2.45) is 11.7 Å². The van der Waals surface area contributed by atoms with E-state index in [-0.39, 0.29) is 16.2 Å². The maximum Gasteiger partial charge on any atom is 0.240 e. The molecule has 4 nitrogen and oxygen atoms in total. The smallest absolute Gasteiger partial charge is 0.240 e. The summed E-state index contributed by atoms with van der Waals surface area (Å²) in [5.41, 5.74) is 5.68. The van der Waals surface area contributed by atoms with Gasteiger partial charge >= 0.3 is 0 Å². The molecule has 0 aromatic rings. The minimum absolute atomic E-state index is 0.116. The van der Waals surface area contributed by atoms with Gasteiger partial charge in [0, 0.05) is 10.7 Å². The average molecular weight is 204 g/mol. The van der Waals surface area contributed by atoms with Crippen molar-refractivity contribution in [2.45, 2.75) is 37.6 Å². The molecule has 13 heavy (non-hydrogen) atoms. The first-order valence-corrected chi connectivity index (χ1v) is 5.58. The van der Waals surface area contributed by atoms with Crippen LogP contribution >= 0.6 is 11.8 Å². The monoisotopic (exact) mass is 204 g/mol. The first-order valence-electron chi connectivity index (χ1n) is 4.53. The second-order valence-electron chi connectivity index (χ2n) is 3.94. The third-order valence-corrected chi connectivity index (χ3v) is 3.75. The summed E-state index contributed by atoms with van der Waals surface area (Å²) in [6, 6.07) is -0.795. The van der Waals surface area contributed by atoms with E-state index in [9.17, 15) is 10.1 Å². The average Bonchev–Trinajstić information content (AvgIpc) is 2.30. The highest BCUT2D eigenvalue weighted by Crippen LogP contribution is 2.32. The van der Waals surface area contributed by atoms with Crippen molar-refractivity contribution in [2.75, 3.05) is 5.75 Å². The van der Waals surface area contributed by atoms with E-state index < -0.39 is 6.04 Å². The summed E-state index contributed by atoms with van der Waals surface area (Å²) < 4.78 is 0. The van der Waals surface area contributed by atoms with Crippen LogP contribution < -0.4 is 5.73 Å². The molecule has 1 aliphatic heterocycles. The van der Waals surface area contributed by atoms with Crippen molar-refractivity contribution in [1.82, 2.24) is 0 Å². The number of rotatable bonds is 3. The normalized spacial score (nSPS) is 34.0. The molecule has 1 aliphatic rings. The van der Waals surface area contributed by atoms with Crippen LogP contribution in [0.15, 0.2) is 0 Å². The van der Waals surface area contributed by atoms with Crippen LogP contribution in [0.4, 0.5) is 0 Å². The number of hydrogen-bond donors (Lipinski definition) is 1. The predicted octanol–water partition coefficient (Wildman–Crippen LogP) is 1.12. The summed E-state index contributed by atoms with van der Waals surface area (Å²) in [6.07, 6.45) is 0.893. The van der Waals surface area contributed by atoms with Crippen molar-refractivity contribution >= 4 is 11.8 Å². The van der Waals surface area contributed by atoms with E-state index in [1.54, 1.807) is 11.8 Å². The Kier molecular flexibility index (Phi) is 3.55. The molecule has 1 saturated heterocycles. The lowest BCUT2D eigenvalue weighted by molar-refractivity contribution is -0.523. The fraction of sp³-hybridized carbons (Fsp3) is 1.00.